The molecule has 2 rings (SSSR count). The predicted molar refractivity (Wildman–Crippen MR) is 80.5 cm³/mol. The molecule has 0 aromatic carbocycles. The monoisotopic (exact) mass is 301 g/mol. The van der Waals surface area contributed by atoms with Gasteiger partial charge in [-0.25, -0.2) is 8.42 Å². The first-order valence-electron chi connectivity index (χ1n) is 7.90. The second kappa shape index (κ2) is 6.56. The predicted octanol–water partition coefficient (Wildman–Crippen LogP) is 2.03. The second-order valence-corrected chi connectivity index (χ2v) is 9.16. The van der Waals surface area contributed by atoms with E-state index in [2.05, 4.69) is 4.90 Å². The SMILES string of the molecule is CC(C)S(=O)(=O)CCN1CCCCC1C1CCCC1=O. The minimum absolute atomic E-state index is 0.164. The third-order valence-corrected chi connectivity index (χ3v) is 7.05. The molecule has 1 aliphatic heterocycles. The molecule has 20 heavy (non-hydrogen) atoms. The lowest BCUT2D eigenvalue weighted by molar-refractivity contribution is -0.123. The van der Waals surface area contributed by atoms with E-state index in [1.807, 2.05) is 0 Å². The zero-order valence-corrected chi connectivity index (χ0v) is 13.5. The van der Waals surface area contributed by atoms with Crippen LogP contribution >= 0.6 is 0 Å². The molecule has 2 unspecified atom stereocenters. The number of ketones is 1. The highest BCUT2D eigenvalue weighted by molar-refractivity contribution is 7.92. The maximum atomic E-state index is 12.0. The molecular weight excluding hydrogens is 274 g/mol. The van der Waals surface area contributed by atoms with Gasteiger partial charge in [-0.15, -0.1) is 0 Å². The van der Waals surface area contributed by atoms with Gasteiger partial charge in [0.1, 0.15) is 5.78 Å². The van der Waals surface area contributed by atoms with Gasteiger partial charge in [0.25, 0.3) is 0 Å². The molecule has 0 amide bonds. The summed E-state index contributed by atoms with van der Waals surface area (Å²) < 4.78 is 23.9. The standard InChI is InChI=1S/C15H27NO3S/c1-12(2)20(18,19)11-10-16-9-4-3-7-14(16)13-6-5-8-15(13)17/h12-14H,3-11H2,1-2H3. The number of carbonyl (C=O) groups is 1. The molecular formula is C15H27NO3S. The topological polar surface area (TPSA) is 54.5 Å². The van der Waals surface area contributed by atoms with E-state index in [9.17, 15) is 13.2 Å². The number of rotatable bonds is 5. The van der Waals surface area contributed by atoms with Gasteiger partial charge in [0.2, 0.25) is 0 Å². The largest absolute Gasteiger partial charge is 0.299 e. The van der Waals surface area contributed by atoms with Gasteiger partial charge in [-0.05, 0) is 46.1 Å². The zero-order chi connectivity index (χ0) is 14.8. The molecule has 1 saturated carbocycles. The Morgan fingerprint density at radius 3 is 2.55 bits per heavy atom. The van der Waals surface area contributed by atoms with Crippen LogP contribution in [0.5, 0.6) is 0 Å². The maximum absolute atomic E-state index is 12.0. The van der Waals surface area contributed by atoms with Crippen molar-refractivity contribution >= 4 is 15.6 Å². The second-order valence-electron chi connectivity index (χ2n) is 6.48. The number of nitrogens with zero attached hydrogens (tertiary/aromatic N) is 1. The van der Waals surface area contributed by atoms with Crippen LogP contribution in [0.4, 0.5) is 0 Å². The molecule has 0 aromatic rings. The van der Waals surface area contributed by atoms with Crippen LogP contribution < -0.4 is 0 Å². The van der Waals surface area contributed by atoms with Crippen molar-refractivity contribution in [2.24, 2.45) is 5.92 Å². The van der Waals surface area contributed by atoms with Crippen LogP contribution in [-0.4, -0.2) is 49.2 Å². The molecule has 2 fully saturated rings. The maximum Gasteiger partial charge on any atom is 0.153 e. The van der Waals surface area contributed by atoms with E-state index in [1.165, 1.54) is 6.42 Å². The zero-order valence-electron chi connectivity index (χ0n) is 12.7. The minimum Gasteiger partial charge on any atom is -0.299 e. The highest BCUT2D eigenvalue weighted by Gasteiger charge is 2.37. The average Bonchev–Trinajstić information content (AvgIpc) is 2.83. The quantitative estimate of drug-likeness (QED) is 0.780. The van der Waals surface area contributed by atoms with Gasteiger partial charge in [-0.1, -0.05) is 6.42 Å². The Labute approximate surface area is 122 Å². The summed E-state index contributed by atoms with van der Waals surface area (Å²) in [4.78, 5) is 14.3. The van der Waals surface area contributed by atoms with E-state index < -0.39 is 9.84 Å². The Balaban J connectivity index is 1.99. The van der Waals surface area contributed by atoms with Gasteiger partial charge in [0, 0.05) is 24.9 Å². The van der Waals surface area contributed by atoms with Gasteiger partial charge >= 0.3 is 0 Å². The highest BCUT2D eigenvalue weighted by Crippen LogP contribution is 2.32. The molecule has 0 aromatic heterocycles. The summed E-state index contributed by atoms with van der Waals surface area (Å²) >= 11 is 0. The summed E-state index contributed by atoms with van der Waals surface area (Å²) in [5.41, 5.74) is 0. The molecule has 116 valence electrons. The van der Waals surface area contributed by atoms with Crippen LogP contribution in [0.2, 0.25) is 0 Å². The first-order valence-corrected chi connectivity index (χ1v) is 9.61. The summed E-state index contributed by atoms with van der Waals surface area (Å²) in [7, 11) is -2.98. The van der Waals surface area contributed by atoms with E-state index in [0.717, 1.165) is 38.6 Å². The van der Waals surface area contributed by atoms with Crippen LogP contribution in [0.1, 0.15) is 52.4 Å². The van der Waals surface area contributed by atoms with Crippen molar-refractivity contribution in [2.75, 3.05) is 18.8 Å². The summed E-state index contributed by atoms with van der Waals surface area (Å²) in [6.07, 6.45) is 6.08. The summed E-state index contributed by atoms with van der Waals surface area (Å²) in [6.45, 7) is 5.02. The summed E-state index contributed by atoms with van der Waals surface area (Å²) in [5, 5.41) is -0.307. The van der Waals surface area contributed by atoms with Crippen molar-refractivity contribution in [2.45, 2.75) is 63.7 Å². The molecule has 0 N–H and O–H groups in total. The Morgan fingerprint density at radius 2 is 1.95 bits per heavy atom. The normalized spacial score (nSPS) is 29.2. The average molecular weight is 301 g/mol. The van der Waals surface area contributed by atoms with Crippen molar-refractivity contribution in [3.8, 4) is 0 Å². The lowest BCUT2D eigenvalue weighted by Gasteiger charge is -2.38. The Hall–Kier alpha value is -0.420. The van der Waals surface area contributed by atoms with E-state index in [0.29, 0.717) is 18.4 Å². The number of likely N-dealkylation sites (tertiary alicyclic amines) is 1. The van der Waals surface area contributed by atoms with Gasteiger partial charge in [-0.3, -0.25) is 9.69 Å². The lowest BCUT2D eigenvalue weighted by Crippen LogP contribution is -2.47. The van der Waals surface area contributed by atoms with Gasteiger partial charge in [-0.2, -0.15) is 0 Å². The summed E-state index contributed by atoms with van der Waals surface area (Å²) in [5.74, 6) is 0.785. The van der Waals surface area contributed by atoms with Gasteiger partial charge < -0.3 is 0 Å². The van der Waals surface area contributed by atoms with E-state index in [1.54, 1.807) is 13.8 Å². The van der Waals surface area contributed by atoms with Crippen molar-refractivity contribution in [3.63, 3.8) is 0 Å². The molecule has 1 aliphatic carbocycles. The Morgan fingerprint density at radius 1 is 1.20 bits per heavy atom. The van der Waals surface area contributed by atoms with E-state index >= 15 is 0 Å². The third kappa shape index (κ3) is 3.61. The van der Waals surface area contributed by atoms with Crippen LogP contribution in [-0.2, 0) is 14.6 Å². The number of hydrogen-bond acceptors (Lipinski definition) is 4. The molecule has 2 aliphatic rings. The fourth-order valence-electron chi connectivity index (χ4n) is 3.48. The van der Waals surface area contributed by atoms with Crippen molar-refractivity contribution in [1.29, 1.82) is 0 Å². The Kier molecular flexibility index (Phi) is 5.24. The highest BCUT2D eigenvalue weighted by atomic mass is 32.2. The van der Waals surface area contributed by atoms with Crippen LogP contribution in [0, 0.1) is 5.92 Å². The number of piperidine rings is 1. The van der Waals surface area contributed by atoms with Crippen LogP contribution in [0.25, 0.3) is 0 Å². The fraction of sp³-hybridized carbons (Fsp3) is 0.933. The molecule has 4 nitrogen and oxygen atoms in total. The number of carbonyl (C=O) groups excluding carboxylic acids is 1. The molecule has 0 spiro atoms. The van der Waals surface area contributed by atoms with E-state index in [4.69, 9.17) is 0 Å². The molecule has 1 saturated heterocycles. The molecule has 5 heteroatoms. The number of Topliss-reactive ketones (excluding diaryl/α,β-unsaturated/α-hetero) is 1. The first kappa shape index (κ1) is 16.0. The van der Waals surface area contributed by atoms with Crippen molar-refractivity contribution in [1.82, 2.24) is 4.90 Å². The van der Waals surface area contributed by atoms with Gasteiger partial charge in [0.15, 0.2) is 9.84 Å². The lowest BCUT2D eigenvalue weighted by atomic mass is 9.88. The molecule has 0 radical (unpaired) electrons. The van der Waals surface area contributed by atoms with Crippen molar-refractivity contribution < 1.29 is 13.2 Å². The molecule has 0 bridgehead atoms. The fourth-order valence-corrected chi connectivity index (χ4v) is 4.44. The smallest absolute Gasteiger partial charge is 0.153 e. The molecule has 1 heterocycles. The van der Waals surface area contributed by atoms with Crippen LogP contribution in [0.15, 0.2) is 0 Å². The minimum atomic E-state index is -2.98. The van der Waals surface area contributed by atoms with Crippen LogP contribution in [0.3, 0.4) is 0 Å². The third-order valence-electron chi connectivity index (χ3n) is 4.86. The number of hydrogen-bond donors (Lipinski definition) is 0. The van der Waals surface area contributed by atoms with Crippen molar-refractivity contribution in [3.05, 3.63) is 0 Å². The number of sulfone groups is 1. The first-order chi connectivity index (χ1) is 9.42. The Bertz CT molecular complexity index is 444. The molecule has 2 atom stereocenters. The van der Waals surface area contributed by atoms with Gasteiger partial charge in [0.05, 0.1) is 11.0 Å². The van der Waals surface area contributed by atoms with E-state index in [-0.39, 0.29) is 16.9 Å². The summed E-state index contributed by atoms with van der Waals surface area (Å²) in [6, 6.07) is 0.293.